The van der Waals surface area contributed by atoms with Gasteiger partial charge < -0.3 is 10.5 Å². The summed E-state index contributed by atoms with van der Waals surface area (Å²) in [6.07, 6.45) is 11.8. The zero-order chi connectivity index (χ0) is 11.4. The van der Waals surface area contributed by atoms with Crippen LogP contribution in [-0.4, -0.2) is 18.2 Å². The van der Waals surface area contributed by atoms with Gasteiger partial charge in [-0.2, -0.15) is 0 Å². The Morgan fingerprint density at radius 1 is 1.12 bits per heavy atom. The molecule has 2 N–H and O–H groups in total. The molecule has 0 aromatic heterocycles. The van der Waals surface area contributed by atoms with Gasteiger partial charge in [0, 0.05) is 12.6 Å². The molecule has 0 aromatic rings. The Balaban J connectivity index is 2.03. The monoisotopic (exact) mass is 225 g/mol. The highest BCUT2D eigenvalue weighted by Crippen LogP contribution is 2.40. The molecule has 0 aliphatic heterocycles. The lowest BCUT2D eigenvalue weighted by Gasteiger charge is -2.44. The molecule has 0 radical (unpaired) electrons. The molecule has 94 valence electrons. The van der Waals surface area contributed by atoms with Crippen molar-refractivity contribution in [3.05, 3.63) is 0 Å². The summed E-state index contributed by atoms with van der Waals surface area (Å²) in [5, 5.41) is 0. The van der Waals surface area contributed by atoms with E-state index < -0.39 is 0 Å². The highest BCUT2D eigenvalue weighted by Gasteiger charge is 2.42. The van der Waals surface area contributed by atoms with Crippen molar-refractivity contribution in [3.63, 3.8) is 0 Å². The van der Waals surface area contributed by atoms with Gasteiger partial charge in [-0.25, -0.2) is 0 Å². The van der Waals surface area contributed by atoms with Crippen LogP contribution in [-0.2, 0) is 4.74 Å². The molecule has 0 spiro atoms. The predicted molar refractivity (Wildman–Crippen MR) is 67.4 cm³/mol. The number of nitrogens with two attached hydrogens (primary N) is 1. The topological polar surface area (TPSA) is 35.2 Å². The summed E-state index contributed by atoms with van der Waals surface area (Å²) in [4.78, 5) is 0. The molecular weight excluding hydrogens is 198 g/mol. The van der Waals surface area contributed by atoms with E-state index in [-0.39, 0.29) is 11.6 Å². The fraction of sp³-hybridized carbons (Fsp3) is 1.00. The van der Waals surface area contributed by atoms with Crippen LogP contribution in [0.25, 0.3) is 0 Å². The normalized spacial score (nSPS) is 28.1. The highest BCUT2D eigenvalue weighted by atomic mass is 16.5. The van der Waals surface area contributed by atoms with Crippen LogP contribution in [0.15, 0.2) is 0 Å². The SMILES string of the molecule is CCOC1(C(N)C2CCCC2)CCCCC1. The number of hydrogen-bond acceptors (Lipinski definition) is 2. The third-order valence-electron chi connectivity index (χ3n) is 4.65. The van der Waals surface area contributed by atoms with Gasteiger partial charge in [0.1, 0.15) is 0 Å². The molecule has 0 bridgehead atoms. The Bertz CT molecular complexity index is 199. The van der Waals surface area contributed by atoms with Gasteiger partial charge in [-0.3, -0.25) is 0 Å². The van der Waals surface area contributed by atoms with Crippen LogP contribution >= 0.6 is 0 Å². The standard InChI is InChI=1S/C14H27NO/c1-2-16-14(10-6-3-7-11-14)13(15)12-8-4-5-9-12/h12-13H,2-11,15H2,1H3. The quantitative estimate of drug-likeness (QED) is 0.797. The van der Waals surface area contributed by atoms with Gasteiger partial charge in [0.25, 0.3) is 0 Å². The summed E-state index contributed by atoms with van der Waals surface area (Å²) in [7, 11) is 0. The van der Waals surface area contributed by atoms with Gasteiger partial charge in [0.2, 0.25) is 0 Å². The third-order valence-corrected chi connectivity index (χ3v) is 4.65. The van der Waals surface area contributed by atoms with Crippen molar-refractivity contribution in [2.24, 2.45) is 11.7 Å². The van der Waals surface area contributed by atoms with Crippen molar-refractivity contribution >= 4 is 0 Å². The van der Waals surface area contributed by atoms with Crippen LogP contribution in [0.2, 0.25) is 0 Å². The summed E-state index contributed by atoms with van der Waals surface area (Å²) < 4.78 is 6.12. The first kappa shape index (κ1) is 12.4. The number of ether oxygens (including phenoxy) is 1. The third kappa shape index (κ3) is 2.43. The van der Waals surface area contributed by atoms with Crippen LogP contribution < -0.4 is 5.73 Å². The first-order valence-electron chi connectivity index (χ1n) is 7.18. The Morgan fingerprint density at radius 2 is 1.75 bits per heavy atom. The van der Waals surface area contributed by atoms with Crippen molar-refractivity contribution in [2.75, 3.05) is 6.61 Å². The summed E-state index contributed by atoms with van der Waals surface area (Å²) >= 11 is 0. The van der Waals surface area contributed by atoms with Gasteiger partial charge in [-0.05, 0) is 38.5 Å². The Morgan fingerprint density at radius 3 is 2.31 bits per heavy atom. The molecule has 0 saturated heterocycles. The zero-order valence-corrected chi connectivity index (χ0v) is 10.7. The largest absolute Gasteiger partial charge is 0.374 e. The zero-order valence-electron chi connectivity index (χ0n) is 10.7. The molecule has 2 aliphatic rings. The Kier molecular flexibility index (Phi) is 4.26. The first-order valence-corrected chi connectivity index (χ1v) is 7.18. The molecule has 2 nitrogen and oxygen atoms in total. The molecule has 2 saturated carbocycles. The molecule has 2 rings (SSSR count). The molecule has 0 aromatic carbocycles. The van der Waals surface area contributed by atoms with E-state index in [9.17, 15) is 0 Å². The minimum atomic E-state index is 0.0298. The molecule has 2 fully saturated rings. The van der Waals surface area contributed by atoms with Crippen molar-refractivity contribution < 1.29 is 4.74 Å². The van der Waals surface area contributed by atoms with Gasteiger partial charge >= 0.3 is 0 Å². The van der Waals surface area contributed by atoms with Gasteiger partial charge in [-0.1, -0.05) is 32.1 Å². The van der Waals surface area contributed by atoms with Crippen LogP contribution in [0.5, 0.6) is 0 Å². The lowest BCUT2D eigenvalue weighted by Crippen LogP contribution is -2.54. The van der Waals surface area contributed by atoms with E-state index >= 15 is 0 Å². The maximum atomic E-state index is 6.55. The Hall–Kier alpha value is -0.0800. The second kappa shape index (κ2) is 5.50. The lowest BCUT2D eigenvalue weighted by molar-refractivity contribution is -0.0928. The van der Waals surface area contributed by atoms with Gasteiger partial charge in [0.05, 0.1) is 5.60 Å². The summed E-state index contributed by atoms with van der Waals surface area (Å²) in [5.74, 6) is 0.727. The van der Waals surface area contributed by atoms with Crippen molar-refractivity contribution in [1.29, 1.82) is 0 Å². The molecule has 0 amide bonds. The maximum absolute atomic E-state index is 6.55. The summed E-state index contributed by atoms with van der Waals surface area (Å²) in [6.45, 7) is 2.93. The van der Waals surface area contributed by atoms with Gasteiger partial charge in [-0.15, -0.1) is 0 Å². The fourth-order valence-corrected chi connectivity index (χ4v) is 3.76. The minimum absolute atomic E-state index is 0.0298. The molecule has 2 aliphatic carbocycles. The summed E-state index contributed by atoms with van der Waals surface area (Å²) in [5.41, 5.74) is 6.58. The Labute approximate surface area is 99.9 Å². The van der Waals surface area contributed by atoms with E-state index in [0.29, 0.717) is 0 Å². The van der Waals surface area contributed by atoms with Crippen molar-refractivity contribution in [1.82, 2.24) is 0 Å². The fourth-order valence-electron chi connectivity index (χ4n) is 3.76. The molecule has 1 atom stereocenters. The predicted octanol–water partition coefficient (Wildman–Crippen LogP) is 3.24. The van der Waals surface area contributed by atoms with E-state index in [1.165, 1.54) is 57.8 Å². The summed E-state index contributed by atoms with van der Waals surface area (Å²) in [6, 6.07) is 0.287. The van der Waals surface area contributed by atoms with E-state index in [0.717, 1.165) is 12.5 Å². The van der Waals surface area contributed by atoms with Crippen LogP contribution in [0.1, 0.15) is 64.7 Å². The average molecular weight is 225 g/mol. The molecular formula is C14H27NO. The van der Waals surface area contributed by atoms with Crippen molar-refractivity contribution in [3.8, 4) is 0 Å². The number of hydrogen-bond donors (Lipinski definition) is 1. The van der Waals surface area contributed by atoms with Gasteiger partial charge in [0.15, 0.2) is 0 Å². The van der Waals surface area contributed by atoms with Crippen LogP contribution in [0, 0.1) is 5.92 Å². The smallest absolute Gasteiger partial charge is 0.0835 e. The average Bonchev–Trinajstić information content (AvgIpc) is 2.83. The molecule has 16 heavy (non-hydrogen) atoms. The highest BCUT2D eigenvalue weighted by molar-refractivity contribution is 4.98. The maximum Gasteiger partial charge on any atom is 0.0835 e. The van der Waals surface area contributed by atoms with E-state index in [1.807, 2.05) is 0 Å². The van der Waals surface area contributed by atoms with Crippen LogP contribution in [0.4, 0.5) is 0 Å². The first-order chi connectivity index (χ1) is 7.78. The molecule has 2 heteroatoms. The van der Waals surface area contributed by atoms with E-state index in [1.54, 1.807) is 0 Å². The molecule has 0 heterocycles. The second-order valence-electron chi connectivity index (χ2n) is 5.63. The second-order valence-corrected chi connectivity index (χ2v) is 5.63. The number of rotatable bonds is 4. The van der Waals surface area contributed by atoms with Crippen LogP contribution in [0.3, 0.4) is 0 Å². The van der Waals surface area contributed by atoms with Crippen molar-refractivity contribution in [2.45, 2.75) is 76.4 Å². The molecule has 1 unspecified atom stereocenters. The lowest BCUT2D eigenvalue weighted by atomic mass is 9.74. The minimum Gasteiger partial charge on any atom is -0.374 e. The van der Waals surface area contributed by atoms with E-state index in [2.05, 4.69) is 6.92 Å². The van der Waals surface area contributed by atoms with E-state index in [4.69, 9.17) is 10.5 Å².